The van der Waals surface area contributed by atoms with Crippen molar-refractivity contribution in [2.24, 2.45) is 0 Å². The molecule has 1 aromatic heterocycles. The molecule has 0 radical (unpaired) electrons. The average Bonchev–Trinajstić information content (AvgIpc) is 2.96. The standard InChI is InChI=1S/C17H15NO3/c1-20-15-9-12-8-14(18-13(12)10-16(15)21-2)17(19)11-6-4-3-5-7-11/h3-10,18H,1-2H3. The Balaban J connectivity index is 2.07. The number of benzene rings is 2. The van der Waals surface area contributed by atoms with Crippen molar-refractivity contribution in [1.82, 2.24) is 4.98 Å². The van der Waals surface area contributed by atoms with E-state index in [2.05, 4.69) is 4.98 Å². The van der Waals surface area contributed by atoms with E-state index in [4.69, 9.17) is 9.47 Å². The summed E-state index contributed by atoms with van der Waals surface area (Å²) in [6.45, 7) is 0. The number of hydrogen-bond acceptors (Lipinski definition) is 3. The summed E-state index contributed by atoms with van der Waals surface area (Å²) in [5.74, 6) is 1.23. The van der Waals surface area contributed by atoms with Crippen LogP contribution in [0, 0.1) is 0 Å². The van der Waals surface area contributed by atoms with Gasteiger partial charge in [0.25, 0.3) is 0 Å². The zero-order chi connectivity index (χ0) is 14.8. The highest BCUT2D eigenvalue weighted by atomic mass is 16.5. The van der Waals surface area contributed by atoms with Gasteiger partial charge in [0.2, 0.25) is 5.78 Å². The van der Waals surface area contributed by atoms with Gasteiger partial charge in [-0.05, 0) is 12.1 Å². The Morgan fingerprint density at radius 2 is 1.62 bits per heavy atom. The molecule has 0 atom stereocenters. The summed E-state index contributed by atoms with van der Waals surface area (Å²) < 4.78 is 10.5. The van der Waals surface area contributed by atoms with Crippen molar-refractivity contribution < 1.29 is 14.3 Å². The molecule has 0 fully saturated rings. The summed E-state index contributed by atoms with van der Waals surface area (Å²) in [7, 11) is 3.18. The van der Waals surface area contributed by atoms with Crippen molar-refractivity contribution in [2.75, 3.05) is 14.2 Å². The molecule has 0 aliphatic rings. The minimum Gasteiger partial charge on any atom is -0.493 e. The minimum absolute atomic E-state index is 0.0373. The van der Waals surface area contributed by atoms with Gasteiger partial charge in [-0.15, -0.1) is 0 Å². The van der Waals surface area contributed by atoms with Gasteiger partial charge in [0.15, 0.2) is 11.5 Å². The van der Waals surface area contributed by atoms with Crippen LogP contribution in [0.15, 0.2) is 48.5 Å². The predicted molar refractivity (Wildman–Crippen MR) is 81.3 cm³/mol. The quantitative estimate of drug-likeness (QED) is 0.745. The molecule has 3 aromatic rings. The normalized spacial score (nSPS) is 10.6. The molecule has 0 spiro atoms. The van der Waals surface area contributed by atoms with E-state index >= 15 is 0 Å². The SMILES string of the molecule is COc1cc2cc(C(=O)c3ccccc3)[nH]c2cc1OC. The molecule has 0 amide bonds. The molecule has 21 heavy (non-hydrogen) atoms. The molecule has 0 aliphatic carbocycles. The number of nitrogens with one attached hydrogen (secondary N) is 1. The summed E-state index contributed by atoms with van der Waals surface area (Å²) in [6, 6.07) is 14.7. The van der Waals surface area contributed by atoms with Crippen LogP contribution in [0.5, 0.6) is 11.5 Å². The van der Waals surface area contributed by atoms with Gasteiger partial charge < -0.3 is 14.5 Å². The lowest BCUT2D eigenvalue weighted by atomic mass is 10.1. The van der Waals surface area contributed by atoms with Crippen molar-refractivity contribution in [3.05, 3.63) is 59.8 Å². The van der Waals surface area contributed by atoms with E-state index in [1.165, 1.54) is 0 Å². The molecular weight excluding hydrogens is 266 g/mol. The van der Waals surface area contributed by atoms with Crippen LogP contribution in [0.2, 0.25) is 0 Å². The van der Waals surface area contributed by atoms with Crippen LogP contribution < -0.4 is 9.47 Å². The number of aromatic amines is 1. The first-order chi connectivity index (χ1) is 10.2. The average molecular weight is 281 g/mol. The van der Waals surface area contributed by atoms with Crippen molar-refractivity contribution in [3.63, 3.8) is 0 Å². The Morgan fingerprint density at radius 3 is 2.29 bits per heavy atom. The van der Waals surface area contributed by atoms with E-state index in [1.54, 1.807) is 26.4 Å². The summed E-state index contributed by atoms with van der Waals surface area (Å²) in [5.41, 5.74) is 2.04. The highest BCUT2D eigenvalue weighted by Crippen LogP contribution is 2.32. The third kappa shape index (κ3) is 2.36. The fraction of sp³-hybridized carbons (Fsp3) is 0.118. The molecule has 4 nitrogen and oxygen atoms in total. The number of fused-ring (bicyclic) bond motifs is 1. The Bertz CT molecular complexity index is 749. The lowest BCUT2D eigenvalue weighted by Crippen LogP contribution is -2.00. The zero-order valence-electron chi connectivity index (χ0n) is 11.8. The van der Waals surface area contributed by atoms with Crippen molar-refractivity contribution >= 4 is 16.7 Å². The number of methoxy groups -OCH3 is 2. The molecular formula is C17H15NO3. The molecule has 1 N–H and O–H groups in total. The summed E-state index contributed by atoms with van der Waals surface area (Å²) in [4.78, 5) is 15.6. The number of carbonyl (C=O) groups is 1. The number of rotatable bonds is 4. The summed E-state index contributed by atoms with van der Waals surface area (Å²) >= 11 is 0. The molecule has 0 saturated heterocycles. The molecule has 1 heterocycles. The zero-order valence-corrected chi connectivity index (χ0v) is 11.8. The second-order valence-electron chi connectivity index (χ2n) is 4.67. The van der Waals surface area contributed by atoms with E-state index in [9.17, 15) is 4.79 Å². The van der Waals surface area contributed by atoms with Crippen molar-refractivity contribution in [1.29, 1.82) is 0 Å². The van der Waals surface area contributed by atoms with E-state index in [1.807, 2.05) is 36.4 Å². The number of hydrogen-bond donors (Lipinski definition) is 1. The van der Waals surface area contributed by atoms with E-state index < -0.39 is 0 Å². The van der Waals surface area contributed by atoms with E-state index in [0.717, 1.165) is 10.9 Å². The largest absolute Gasteiger partial charge is 0.493 e. The van der Waals surface area contributed by atoms with Gasteiger partial charge in [0.05, 0.1) is 19.9 Å². The fourth-order valence-corrected chi connectivity index (χ4v) is 2.33. The number of ether oxygens (including phenoxy) is 2. The Labute approximate surface area is 122 Å². The van der Waals surface area contributed by atoms with Gasteiger partial charge in [-0.3, -0.25) is 4.79 Å². The maximum Gasteiger partial charge on any atom is 0.209 e. The second-order valence-corrected chi connectivity index (χ2v) is 4.67. The van der Waals surface area contributed by atoms with E-state index in [-0.39, 0.29) is 5.78 Å². The second kappa shape index (κ2) is 5.32. The van der Waals surface area contributed by atoms with Crippen LogP contribution in [0.1, 0.15) is 16.1 Å². The lowest BCUT2D eigenvalue weighted by molar-refractivity contribution is 0.103. The minimum atomic E-state index is -0.0373. The number of ketones is 1. The third-order valence-corrected chi connectivity index (χ3v) is 3.41. The number of aromatic nitrogens is 1. The molecule has 3 rings (SSSR count). The van der Waals surface area contributed by atoms with Crippen LogP contribution in [0.3, 0.4) is 0 Å². The number of H-pyrrole nitrogens is 1. The van der Waals surface area contributed by atoms with Crippen molar-refractivity contribution in [3.8, 4) is 11.5 Å². The molecule has 0 saturated carbocycles. The molecule has 2 aromatic carbocycles. The van der Waals surface area contributed by atoms with Crippen LogP contribution in [0.25, 0.3) is 10.9 Å². The Hall–Kier alpha value is -2.75. The van der Waals surface area contributed by atoms with Gasteiger partial charge in [-0.1, -0.05) is 30.3 Å². The summed E-state index contributed by atoms with van der Waals surface area (Å²) in [5, 5.41) is 0.909. The van der Waals surface area contributed by atoms with Gasteiger partial charge in [-0.25, -0.2) is 0 Å². The van der Waals surface area contributed by atoms with Crippen LogP contribution in [-0.2, 0) is 0 Å². The van der Waals surface area contributed by atoms with Gasteiger partial charge >= 0.3 is 0 Å². The molecule has 106 valence electrons. The molecule has 0 unspecified atom stereocenters. The maximum absolute atomic E-state index is 12.4. The van der Waals surface area contributed by atoms with Crippen LogP contribution in [-0.4, -0.2) is 25.0 Å². The first-order valence-corrected chi connectivity index (χ1v) is 6.57. The van der Waals surface area contributed by atoms with Crippen LogP contribution >= 0.6 is 0 Å². The monoisotopic (exact) mass is 281 g/mol. The predicted octanol–water partition coefficient (Wildman–Crippen LogP) is 3.42. The highest BCUT2D eigenvalue weighted by Gasteiger charge is 2.14. The molecule has 4 heteroatoms. The fourth-order valence-electron chi connectivity index (χ4n) is 2.33. The topological polar surface area (TPSA) is 51.3 Å². The summed E-state index contributed by atoms with van der Waals surface area (Å²) in [6.07, 6.45) is 0. The first-order valence-electron chi connectivity index (χ1n) is 6.57. The Kier molecular flexibility index (Phi) is 3.36. The number of carbonyl (C=O) groups excluding carboxylic acids is 1. The third-order valence-electron chi connectivity index (χ3n) is 3.41. The lowest BCUT2D eigenvalue weighted by Gasteiger charge is -2.06. The van der Waals surface area contributed by atoms with Gasteiger partial charge in [0, 0.05) is 22.5 Å². The van der Waals surface area contributed by atoms with Gasteiger partial charge in [0.1, 0.15) is 0 Å². The smallest absolute Gasteiger partial charge is 0.209 e. The van der Waals surface area contributed by atoms with Crippen LogP contribution in [0.4, 0.5) is 0 Å². The maximum atomic E-state index is 12.4. The Morgan fingerprint density at radius 1 is 0.952 bits per heavy atom. The molecule has 0 aliphatic heterocycles. The van der Waals surface area contributed by atoms with Gasteiger partial charge in [-0.2, -0.15) is 0 Å². The van der Waals surface area contributed by atoms with E-state index in [0.29, 0.717) is 22.8 Å². The highest BCUT2D eigenvalue weighted by molar-refractivity contribution is 6.10. The van der Waals surface area contributed by atoms with Crippen molar-refractivity contribution in [2.45, 2.75) is 0 Å². The molecule has 0 bridgehead atoms. The first kappa shape index (κ1) is 13.2.